The van der Waals surface area contributed by atoms with Crippen LogP contribution in [0, 0.1) is 17.5 Å². The van der Waals surface area contributed by atoms with Gasteiger partial charge in [0.25, 0.3) is 0 Å². The van der Waals surface area contributed by atoms with Crippen LogP contribution in [0.5, 0.6) is 0 Å². The van der Waals surface area contributed by atoms with E-state index in [2.05, 4.69) is 10.6 Å². The predicted molar refractivity (Wildman–Crippen MR) is 164 cm³/mol. The van der Waals surface area contributed by atoms with Gasteiger partial charge < -0.3 is 25.8 Å². The number of carbonyl (C=O) groups is 4. The Labute approximate surface area is 266 Å². The maximum absolute atomic E-state index is 14.0. The number of carbonyl (C=O) groups excluding carboxylic acids is 3. The normalized spacial score (nSPS) is 18.1. The summed E-state index contributed by atoms with van der Waals surface area (Å²) in [5.41, 5.74) is 6.81. The van der Waals surface area contributed by atoms with Crippen molar-refractivity contribution in [1.29, 1.82) is 0 Å². The minimum atomic E-state index is -1.34. The monoisotopic (exact) mass is 648 g/mol. The number of carboxylic acids is 1. The second-order valence-electron chi connectivity index (χ2n) is 11.6. The third-order valence-corrected chi connectivity index (χ3v) is 7.94. The second kappa shape index (κ2) is 17.7. The minimum absolute atomic E-state index is 0.0599. The Kier molecular flexibility index (Phi) is 14.0. The number of aliphatic carboxylic acids is 1. The van der Waals surface area contributed by atoms with E-state index in [4.69, 9.17) is 10.5 Å². The molecule has 1 aliphatic rings. The maximum Gasteiger partial charge on any atom is 0.326 e. The first-order chi connectivity index (χ1) is 21.9. The molecule has 1 fully saturated rings. The molecule has 10 nitrogen and oxygen atoms in total. The Balaban J connectivity index is 1.68. The number of unbranched alkanes of at least 4 members (excludes halogenated alkanes) is 1. The van der Waals surface area contributed by atoms with Gasteiger partial charge in [0, 0.05) is 37.5 Å². The van der Waals surface area contributed by atoms with Gasteiger partial charge in [0.05, 0.1) is 12.6 Å². The smallest absolute Gasteiger partial charge is 0.326 e. The van der Waals surface area contributed by atoms with Crippen molar-refractivity contribution in [2.75, 3.05) is 13.2 Å². The summed E-state index contributed by atoms with van der Waals surface area (Å²) in [7, 11) is 0. The van der Waals surface area contributed by atoms with Crippen molar-refractivity contribution in [2.24, 2.45) is 5.73 Å². The Morgan fingerprint density at radius 2 is 1.72 bits per heavy atom. The number of aryl methyl sites for hydroxylation is 1. The average Bonchev–Trinajstić information content (AvgIpc) is 3.43. The SMILES string of the molecule is CCCC[C@@H](NC(CCc1ccccc1)C(=O)OCC)C(=O)N1C[C@@H](NC(=O)C[C@H](N)Cc2cc(F)c(F)cc2F)C[C@H]1C(=O)O. The molecule has 2 aromatic rings. The van der Waals surface area contributed by atoms with E-state index < -0.39 is 71.4 Å². The number of esters is 1. The zero-order valence-electron chi connectivity index (χ0n) is 26.1. The Bertz CT molecular complexity index is 1350. The van der Waals surface area contributed by atoms with Crippen LogP contribution in [0.1, 0.15) is 63.5 Å². The van der Waals surface area contributed by atoms with Crippen LogP contribution in [0.25, 0.3) is 0 Å². The second-order valence-corrected chi connectivity index (χ2v) is 11.6. The van der Waals surface area contributed by atoms with Gasteiger partial charge in [-0.15, -0.1) is 0 Å². The molecule has 1 heterocycles. The number of amides is 2. The predicted octanol–water partition coefficient (Wildman–Crippen LogP) is 3.25. The fraction of sp³-hybridized carbons (Fsp3) is 0.515. The van der Waals surface area contributed by atoms with Gasteiger partial charge >= 0.3 is 11.9 Å². The molecular weight excluding hydrogens is 605 g/mol. The molecule has 5 atom stereocenters. The summed E-state index contributed by atoms with van der Waals surface area (Å²) in [5, 5.41) is 15.8. The molecule has 1 unspecified atom stereocenters. The number of nitrogens with two attached hydrogens (primary N) is 1. The number of halogens is 3. The highest BCUT2D eigenvalue weighted by Gasteiger charge is 2.43. The largest absolute Gasteiger partial charge is 0.480 e. The van der Waals surface area contributed by atoms with Crippen molar-refractivity contribution >= 4 is 23.8 Å². The number of rotatable bonds is 17. The van der Waals surface area contributed by atoms with Gasteiger partial charge in [-0.2, -0.15) is 0 Å². The lowest BCUT2D eigenvalue weighted by atomic mass is 10.0. The van der Waals surface area contributed by atoms with Crippen LogP contribution in [0.15, 0.2) is 42.5 Å². The summed E-state index contributed by atoms with van der Waals surface area (Å²) < 4.78 is 46.1. The number of ether oxygens (including phenoxy) is 1. The van der Waals surface area contributed by atoms with Crippen molar-refractivity contribution in [3.8, 4) is 0 Å². The van der Waals surface area contributed by atoms with Gasteiger partial charge in [-0.3, -0.25) is 19.7 Å². The maximum atomic E-state index is 14.0. The molecule has 0 bridgehead atoms. The van der Waals surface area contributed by atoms with E-state index in [9.17, 15) is 37.5 Å². The lowest BCUT2D eigenvalue weighted by molar-refractivity contribution is -0.150. The number of hydrogen-bond donors (Lipinski definition) is 4. The average molecular weight is 649 g/mol. The molecule has 3 rings (SSSR count). The lowest BCUT2D eigenvalue weighted by Crippen LogP contribution is -2.54. The van der Waals surface area contributed by atoms with Crippen LogP contribution in [-0.4, -0.2) is 77.1 Å². The molecule has 0 radical (unpaired) electrons. The van der Waals surface area contributed by atoms with Crippen LogP contribution < -0.4 is 16.4 Å². The molecule has 0 spiro atoms. The standard InChI is InChI=1S/C33H43F3N4O6/c1-3-5-11-27(39-28(33(45)46-4-2)13-12-20-9-7-6-8-10-20)31(42)40-19-23(17-29(40)32(43)44)38-30(41)16-22(37)14-21-15-25(35)26(36)18-24(21)34/h6-10,15,18,22-23,27-29,39H,3-5,11-14,16-17,19,37H2,1-2H3,(H,38,41)(H,43,44)/t22-,23+,27-,28?,29+/m1/s1. The van der Waals surface area contributed by atoms with Gasteiger partial charge in [0.15, 0.2) is 11.6 Å². The van der Waals surface area contributed by atoms with E-state index in [1.807, 2.05) is 37.3 Å². The van der Waals surface area contributed by atoms with Gasteiger partial charge in [0.1, 0.15) is 17.9 Å². The first kappa shape index (κ1) is 36.5. The van der Waals surface area contributed by atoms with Crippen LogP contribution in [0.3, 0.4) is 0 Å². The number of likely N-dealkylation sites (tertiary alicyclic amines) is 1. The number of benzene rings is 2. The summed E-state index contributed by atoms with van der Waals surface area (Å²) in [5.74, 6) is -6.37. The molecule has 0 aliphatic carbocycles. The summed E-state index contributed by atoms with van der Waals surface area (Å²) in [4.78, 5) is 53.0. The molecule has 252 valence electrons. The molecule has 0 saturated carbocycles. The third kappa shape index (κ3) is 10.5. The first-order valence-corrected chi connectivity index (χ1v) is 15.6. The molecule has 1 aliphatic heterocycles. The molecule has 13 heteroatoms. The molecule has 1 saturated heterocycles. The van der Waals surface area contributed by atoms with Crippen molar-refractivity contribution < 1.29 is 42.2 Å². The molecule has 2 aromatic carbocycles. The van der Waals surface area contributed by atoms with Gasteiger partial charge in [0.2, 0.25) is 11.8 Å². The number of nitrogens with one attached hydrogen (secondary N) is 2. The summed E-state index contributed by atoms with van der Waals surface area (Å²) in [6.45, 7) is 3.71. The topological polar surface area (TPSA) is 151 Å². The van der Waals surface area contributed by atoms with E-state index in [-0.39, 0.29) is 38.0 Å². The van der Waals surface area contributed by atoms with E-state index >= 15 is 0 Å². The van der Waals surface area contributed by atoms with Crippen molar-refractivity contribution in [3.05, 3.63) is 71.0 Å². The highest BCUT2D eigenvalue weighted by Crippen LogP contribution is 2.22. The molecule has 5 N–H and O–H groups in total. The van der Waals surface area contributed by atoms with Crippen molar-refractivity contribution in [2.45, 2.75) is 95.4 Å². The van der Waals surface area contributed by atoms with E-state index in [1.54, 1.807) is 6.92 Å². The molecule has 2 amide bonds. The Morgan fingerprint density at radius 1 is 1.02 bits per heavy atom. The zero-order chi connectivity index (χ0) is 33.8. The quantitative estimate of drug-likeness (QED) is 0.151. The fourth-order valence-electron chi connectivity index (χ4n) is 5.61. The third-order valence-electron chi connectivity index (χ3n) is 7.94. The van der Waals surface area contributed by atoms with E-state index in [1.165, 1.54) is 4.90 Å². The zero-order valence-corrected chi connectivity index (χ0v) is 26.1. The number of carboxylic acid groups (broad SMARTS) is 1. The Morgan fingerprint density at radius 3 is 2.37 bits per heavy atom. The van der Waals surface area contributed by atoms with Crippen LogP contribution in [-0.2, 0) is 36.8 Å². The highest BCUT2D eigenvalue weighted by molar-refractivity contribution is 5.89. The molecule has 46 heavy (non-hydrogen) atoms. The fourth-order valence-corrected chi connectivity index (χ4v) is 5.61. The highest BCUT2D eigenvalue weighted by atomic mass is 19.2. The van der Waals surface area contributed by atoms with E-state index in [0.717, 1.165) is 12.0 Å². The Hall–Kier alpha value is -3.97. The van der Waals surface area contributed by atoms with Crippen molar-refractivity contribution in [3.63, 3.8) is 0 Å². The van der Waals surface area contributed by atoms with Crippen molar-refractivity contribution in [1.82, 2.24) is 15.5 Å². The lowest BCUT2D eigenvalue weighted by Gasteiger charge is -2.30. The summed E-state index contributed by atoms with van der Waals surface area (Å²) in [6.07, 6.45) is 2.06. The van der Waals surface area contributed by atoms with Crippen LogP contribution in [0.4, 0.5) is 13.2 Å². The number of nitrogens with zero attached hydrogens (tertiary/aromatic N) is 1. The van der Waals surface area contributed by atoms with Crippen LogP contribution in [0.2, 0.25) is 0 Å². The van der Waals surface area contributed by atoms with E-state index in [0.29, 0.717) is 37.8 Å². The summed E-state index contributed by atoms with van der Waals surface area (Å²) >= 11 is 0. The minimum Gasteiger partial charge on any atom is -0.480 e. The summed E-state index contributed by atoms with van der Waals surface area (Å²) in [6, 6.07) is 6.09. The molecular formula is C33H43F3N4O6. The van der Waals surface area contributed by atoms with Gasteiger partial charge in [-0.05, 0) is 49.8 Å². The number of hydrogen-bond acceptors (Lipinski definition) is 7. The van der Waals surface area contributed by atoms with Crippen LogP contribution >= 0.6 is 0 Å². The van der Waals surface area contributed by atoms with Gasteiger partial charge in [-0.1, -0.05) is 50.1 Å². The first-order valence-electron chi connectivity index (χ1n) is 15.6. The molecule has 0 aromatic heterocycles. The van der Waals surface area contributed by atoms with Gasteiger partial charge in [-0.25, -0.2) is 18.0 Å².